The molecule has 1 aromatic heterocycles. The lowest BCUT2D eigenvalue weighted by Crippen LogP contribution is -2.17. The molecule has 20 heavy (non-hydrogen) atoms. The fourth-order valence-corrected chi connectivity index (χ4v) is 3.34. The first kappa shape index (κ1) is 16.8. The Hall–Kier alpha value is -1.29. The summed E-state index contributed by atoms with van der Waals surface area (Å²) in [5.41, 5.74) is 5.78. The van der Waals surface area contributed by atoms with Gasteiger partial charge in [0.1, 0.15) is 5.82 Å². The molecule has 10 heteroatoms. The Kier molecular flexibility index (Phi) is 5.03. The number of nitrogens with zero attached hydrogens (tertiary/aromatic N) is 2. The fraction of sp³-hybridized carbons (Fsp3) is 0.700. The third-order valence-corrected chi connectivity index (χ3v) is 5.54. The zero-order chi connectivity index (χ0) is 15.6. The van der Waals surface area contributed by atoms with Gasteiger partial charge in [0.15, 0.2) is 30.4 Å². The zero-order valence-electron chi connectivity index (χ0n) is 11.7. The number of anilines is 2. The molecule has 0 saturated carbocycles. The molecule has 8 nitrogen and oxygen atoms in total. The third-order valence-electron chi connectivity index (χ3n) is 2.72. The van der Waals surface area contributed by atoms with Gasteiger partial charge >= 0.3 is 0 Å². The van der Waals surface area contributed by atoms with Crippen molar-refractivity contribution < 1.29 is 16.8 Å². The number of hydrogen-bond donors (Lipinski definition) is 2. The molecule has 0 spiro atoms. The van der Waals surface area contributed by atoms with Crippen molar-refractivity contribution in [3.05, 3.63) is 0 Å². The van der Waals surface area contributed by atoms with Crippen molar-refractivity contribution in [1.82, 2.24) is 9.78 Å². The van der Waals surface area contributed by atoms with Crippen LogP contribution in [0.2, 0.25) is 0 Å². The van der Waals surface area contributed by atoms with Crippen LogP contribution in [0.15, 0.2) is 4.90 Å². The van der Waals surface area contributed by atoms with Crippen molar-refractivity contribution in [1.29, 1.82) is 0 Å². The maximum atomic E-state index is 11.7. The lowest BCUT2D eigenvalue weighted by molar-refractivity contribution is 0.583. The quantitative estimate of drug-likeness (QED) is 0.707. The number of hydrogen-bond acceptors (Lipinski definition) is 7. The van der Waals surface area contributed by atoms with Gasteiger partial charge in [-0.2, -0.15) is 5.10 Å². The van der Waals surface area contributed by atoms with Crippen molar-refractivity contribution in [2.45, 2.75) is 25.3 Å². The highest BCUT2D eigenvalue weighted by Crippen LogP contribution is 2.27. The Morgan fingerprint density at radius 1 is 1.25 bits per heavy atom. The number of sulfone groups is 2. The number of nitrogens with two attached hydrogens (primary N) is 1. The van der Waals surface area contributed by atoms with Crippen LogP contribution in [0, 0.1) is 0 Å². The molecule has 0 aliphatic heterocycles. The van der Waals surface area contributed by atoms with Crippen LogP contribution in [-0.4, -0.2) is 50.9 Å². The zero-order valence-corrected chi connectivity index (χ0v) is 13.4. The molecule has 1 aromatic rings. The summed E-state index contributed by atoms with van der Waals surface area (Å²) in [4.78, 5) is -0.0896. The number of aromatic nitrogens is 2. The van der Waals surface area contributed by atoms with Gasteiger partial charge in [-0.15, -0.1) is 0 Å². The minimum atomic E-state index is -3.55. The van der Waals surface area contributed by atoms with Gasteiger partial charge < -0.3 is 11.1 Å². The van der Waals surface area contributed by atoms with E-state index in [2.05, 4.69) is 10.4 Å². The van der Waals surface area contributed by atoms with E-state index < -0.39 is 19.7 Å². The average Bonchev–Trinajstić information content (AvgIpc) is 2.63. The smallest absolute Gasteiger partial charge is 0.182 e. The van der Waals surface area contributed by atoms with Crippen molar-refractivity contribution >= 4 is 31.3 Å². The molecule has 0 saturated heterocycles. The van der Waals surface area contributed by atoms with Crippen LogP contribution >= 0.6 is 0 Å². The first-order chi connectivity index (χ1) is 9.12. The van der Waals surface area contributed by atoms with E-state index in [0.29, 0.717) is 6.54 Å². The Balaban J connectivity index is 3.17. The Labute approximate surface area is 119 Å². The molecule has 1 heterocycles. The maximum absolute atomic E-state index is 11.7. The van der Waals surface area contributed by atoms with E-state index in [4.69, 9.17) is 5.73 Å². The second-order valence-corrected chi connectivity index (χ2v) is 8.75. The molecule has 0 amide bonds. The Morgan fingerprint density at radius 3 is 2.30 bits per heavy atom. The van der Waals surface area contributed by atoms with Crippen LogP contribution in [-0.2, 0) is 26.2 Å². The predicted octanol–water partition coefficient (Wildman–Crippen LogP) is -0.265. The molecule has 3 N–H and O–H groups in total. The van der Waals surface area contributed by atoms with Gasteiger partial charge in [0.25, 0.3) is 0 Å². The minimum absolute atomic E-state index is 0.0210. The third kappa shape index (κ3) is 3.85. The molecule has 116 valence electrons. The molecule has 0 unspecified atom stereocenters. The van der Waals surface area contributed by atoms with Gasteiger partial charge in [-0.3, -0.25) is 0 Å². The summed E-state index contributed by atoms with van der Waals surface area (Å²) < 4.78 is 47.6. The number of rotatable bonds is 7. The largest absolute Gasteiger partial charge is 0.383 e. The second kappa shape index (κ2) is 6.00. The summed E-state index contributed by atoms with van der Waals surface area (Å²) in [6.45, 7) is 3.85. The van der Waals surface area contributed by atoms with Crippen LogP contribution in [0.1, 0.15) is 13.8 Å². The van der Waals surface area contributed by atoms with E-state index in [1.807, 2.05) is 0 Å². The topological polar surface area (TPSA) is 124 Å². The molecule has 0 aliphatic rings. The van der Waals surface area contributed by atoms with E-state index >= 15 is 0 Å². The summed E-state index contributed by atoms with van der Waals surface area (Å²) in [6, 6.07) is 0. The van der Waals surface area contributed by atoms with Crippen LogP contribution in [0.4, 0.5) is 11.6 Å². The monoisotopic (exact) mass is 324 g/mol. The number of nitrogen functional groups attached to an aromatic ring is 1. The fourth-order valence-electron chi connectivity index (χ4n) is 1.65. The Bertz CT molecular complexity index is 676. The molecular weight excluding hydrogens is 304 g/mol. The maximum Gasteiger partial charge on any atom is 0.182 e. The van der Waals surface area contributed by atoms with E-state index in [1.165, 1.54) is 4.68 Å². The molecule has 0 atom stereocenters. The lowest BCUT2D eigenvalue weighted by Gasteiger charge is -2.04. The summed E-state index contributed by atoms with van der Waals surface area (Å²) in [5.74, 6) is -0.00622. The second-order valence-electron chi connectivity index (χ2n) is 4.32. The summed E-state index contributed by atoms with van der Waals surface area (Å²) >= 11 is 0. The first-order valence-corrected chi connectivity index (χ1v) is 9.84. The van der Waals surface area contributed by atoms with Crippen LogP contribution in [0.5, 0.6) is 0 Å². The molecule has 1 rings (SSSR count). The van der Waals surface area contributed by atoms with Gasteiger partial charge in [0, 0.05) is 18.6 Å². The van der Waals surface area contributed by atoms with Crippen LogP contribution in [0.3, 0.4) is 0 Å². The van der Waals surface area contributed by atoms with E-state index in [1.54, 1.807) is 13.8 Å². The van der Waals surface area contributed by atoms with E-state index in [0.717, 1.165) is 6.26 Å². The highest BCUT2D eigenvalue weighted by Gasteiger charge is 2.24. The van der Waals surface area contributed by atoms with Gasteiger partial charge in [-0.25, -0.2) is 21.5 Å². The highest BCUT2D eigenvalue weighted by molar-refractivity contribution is 7.91. The van der Waals surface area contributed by atoms with Gasteiger partial charge in [-0.05, 0) is 6.92 Å². The minimum Gasteiger partial charge on any atom is -0.383 e. The van der Waals surface area contributed by atoms with Gasteiger partial charge in [-0.1, -0.05) is 6.92 Å². The van der Waals surface area contributed by atoms with Crippen molar-refractivity contribution in [2.75, 3.05) is 35.4 Å². The normalized spacial score (nSPS) is 12.6. The Morgan fingerprint density at radius 2 is 1.85 bits per heavy atom. The van der Waals surface area contributed by atoms with Crippen molar-refractivity contribution in [2.24, 2.45) is 0 Å². The van der Waals surface area contributed by atoms with Crippen molar-refractivity contribution in [3.8, 4) is 0 Å². The molecule has 0 radical (unpaired) electrons. The summed E-state index contributed by atoms with van der Waals surface area (Å²) in [5, 5.41) is 6.85. The van der Waals surface area contributed by atoms with E-state index in [9.17, 15) is 16.8 Å². The van der Waals surface area contributed by atoms with Crippen LogP contribution < -0.4 is 11.1 Å². The predicted molar refractivity (Wildman–Crippen MR) is 78.2 cm³/mol. The molecular formula is C10H20N4O4S2. The number of aryl methyl sites for hydroxylation is 1. The standard InChI is InChI=1S/C10H20N4O4S2/c1-4-12-10-8(19(3,15)16)9(11)14(13-10)6-7-20(17,18)5-2/h4-7,11H2,1-3H3,(H,12,13). The summed E-state index contributed by atoms with van der Waals surface area (Å²) in [7, 11) is -6.72. The van der Waals surface area contributed by atoms with Gasteiger partial charge in [0.2, 0.25) is 0 Å². The molecule has 0 aliphatic carbocycles. The van der Waals surface area contributed by atoms with Crippen molar-refractivity contribution in [3.63, 3.8) is 0 Å². The average molecular weight is 324 g/mol. The summed E-state index contributed by atoms with van der Waals surface area (Å²) in [6.07, 6.45) is 1.04. The van der Waals surface area contributed by atoms with E-state index in [-0.39, 0.29) is 34.6 Å². The lowest BCUT2D eigenvalue weighted by atomic mass is 10.5. The number of nitrogens with one attached hydrogen (secondary N) is 1. The molecule has 0 aromatic carbocycles. The molecule has 0 bridgehead atoms. The highest BCUT2D eigenvalue weighted by atomic mass is 32.2. The molecule has 0 fully saturated rings. The first-order valence-electron chi connectivity index (χ1n) is 6.13. The van der Waals surface area contributed by atoms with Gasteiger partial charge in [0.05, 0.1) is 12.3 Å². The van der Waals surface area contributed by atoms with Crippen LogP contribution in [0.25, 0.3) is 0 Å². The SMILES string of the molecule is CCNc1nn(CCS(=O)(=O)CC)c(N)c1S(C)(=O)=O.